The maximum absolute atomic E-state index is 13.4. The number of hydrogen-bond donors (Lipinski definition) is 2. The largest absolute Gasteiger partial charge is 0.461 e. The Balaban J connectivity index is 1.66. The van der Waals surface area contributed by atoms with Gasteiger partial charge in [-0.15, -0.1) is 0 Å². The highest BCUT2D eigenvalue weighted by molar-refractivity contribution is 7.54. The minimum atomic E-state index is -4.68. The van der Waals surface area contributed by atoms with Gasteiger partial charge >= 0.3 is 13.6 Å². The van der Waals surface area contributed by atoms with Crippen LogP contribution in [-0.4, -0.2) is 32.8 Å². The summed E-state index contributed by atoms with van der Waals surface area (Å²) in [6.07, 6.45) is 9.87. The Kier molecular flexibility index (Phi) is 6.80. The van der Waals surface area contributed by atoms with Gasteiger partial charge in [-0.2, -0.15) is 0 Å². The van der Waals surface area contributed by atoms with Gasteiger partial charge in [0.25, 0.3) is 0 Å². The Morgan fingerprint density at radius 1 is 1.12 bits per heavy atom. The molecule has 0 radical (unpaired) electrons. The van der Waals surface area contributed by atoms with Gasteiger partial charge in [0.2, 0.25) is 0 Å². The number of allylic oxidation sites excluding steroid dienone is 1. The van der Waals surface area contributed by atoms with Gasteiger partial charge in [-0.1, -0.05) is 39.3 Å². The Labute approximate surface area is 204 Å². The Hall–Kier alpha value is -0.970. The molecule has 6 nitrogen and oxygen atoms in total. The number of Topliss-reactive ketones (excluding diaryl/α,β-unsaturated/α-hetero) is 1. The standard InChI is InChI=1S/C27H43O6P/c1-6-27(7-2,34(30,31)32)24(29)33-23-10-8-9-18-11-12-19-21-14-13-20(17(3)28)25(21,4)16-15-22(19)26(18,23)5/h11,19-23H,6-10,12-16H2,1-5H3,(H2,30,31,32)/t19-,20+,21-,22-,23?,25+,26-/m0/s1. The molecule has 1 unspecified atom stereocenters. The quantitative estimate of drug-likeness (QED) is 0.275. The predicted octanol–water partition coefficient (Wildman–Crippen LogP) is 5.80. The van der Waals surface area contributed by atoms with Crippen LogP contribution in [0.3, 0.4) is 0 Å². The lowest BCUT2D eigenvalue weighted by atomic mass is 9.46. The molecule has 0 bridgehead atoms. The third kappa shape index (κ3) is 3.61. The molecule has 0 saturated heterocycles. The molecular weight excluding hydrogens is 451 g/mol. The molecule has 0 amide bonds. The van der Waals surface area contributed by atoms with E-state index in [-0.39, 0.29) is 35.7 Å². The van der Waals surface area contributed by atoms with Crippen LogP contribution in [-0.2, 0) is 18.9 Å². The summed E-state index contributed by atoms with van der Waals surface area (Å²) in [4.78, 5) is 46.0. The molecule has 34 heavy (non-hydrogen) atoms. The second-order valence-electron chi connectivity index (χ2n) is 12.0. The van der Waals surface area contributed by atoms with Gasteiger partial charge in [0, 0.05) is 11.3 Å². The second-order valence-corrected chi connectivity index (χ2v) is 13.9. The summed E-state index contributed by atoms with van der Waals surface area (Å²) in [5, 5.41) is -1.77. The van der Waals surface area contributed by atoms with E-state index >= 15 is 0 Å². The number of ether oxygens (including phenoxy) is 1. The maximum atomic E-state index is 13.4. The fourth-order valence-corrected chi connectivity index (χ4v) is 9.96. The fourth-order valence-electron chi connectivity index (χ4n) is 8.85. The second kappa shape index (κ2) is 8.85. The topological polar surface area (TPSA) is 101 Å². The first-order valence-corrected chi connectivity index (χ1v) is 14.9. The van der Waals surface area contributed by atoms with E-state index in [1.54, 1.807) is 20.8 Å². The Morgan fingerprint density at radius 3 is 2.38 bits per heavy atom. The first kappa shape index (κ1) is 26.1. The van der Waals surface area contributed by atoms with Crippen LogP contribution < -0.4 is 0 Å². The molecule has 2 N–H and O–H groups in total. The highest BCUT2D eigenvalue weighted by Crippen LogP contribution is 2.67. The van der Waals surface area contributed by atoms with Crippen LogP contribution in [0, 0.1) is 34.5 Å². The monoisotopic (exact) mass is 494 g/mol. The van der Waals surface area contributed by atoms with Crippen molar-refractivity contribution in [2.24, 2.45) is 34.5 Å². The highest BCUT2D eigenvalue weighted by atomic mass is 31.2. The van der Waals surface area contributed by atoms with E-state index in [4.69, 9.17) is 4.74 Å². The average Bonchev–Trinajstić information content (AvgIpc) is 3.12. The molecule has 3 saturated carbocycles. The molecular formula is C27H43O6P. The van der Waals surface area contributed by atoms with E-state index in [9.17, 15) is 23.9 Å². The molecule has 7 heteroatoms. The predicted molar refractivity (Wildman–Crippen MR) is 131 cm³/mol. The zero-order valence-electron chi connectivity index (χ0n) is 21.5. The smallest absolute Gasteiger partial charge is 0.342 e. The van der Waals surface area contributed by atoms with Gasteiger partial charge < -0.3 is 14.5 Å². The van der Waals surface area contributed by atoms with Crippen molar-refractivity contribution >= 4 is 19.3 Å². The van der Waals surface area contributed by atoms with Gasteiger partial charge in [0.1, 0.15) is 11.9 Å². The van der Waals surface area contributed by atoms with E-state index in [1.165, 1.54) is 5.57 Å². The number of esters is 1. The van der Waals surface area contributed by atoms with Crippen molar-refractivity contribution in [3.63, 3.8) is 0 Å². The van der Waals surface area contributed by atoms with Crippen LogP contribution in [0.15, 0.2) is 11.6 Å². The van der Waals surface area contributed by atoms with Gasteiger partial charge in [-0.3, -0.25) is 14.2 Å². The van der Waals surface area contributed by atoms with E-state index in [1.807, 2.05) is 0 Å². The summed E-state index contributed by atoms with van der Waals surface area (Å²) >= 11 is 0. The fraction of sp³-hybridized carbons (Fsp3) is 0.852. The van der Waals surface area contributed by atoms with E-state index < -0.39 is 18.7 Å². The SMILES string of the molecule is CCC(CC)(C(=O)OC1CCCC2=CC[C@H]3[C@@H]4CC[C@H](C(C)=O)[C@@]4(C)CC[C@@H]3[C@]21C)P(=O)(O)O. The summed E-state index contributed by atoms with van der Waals surface area (Å²) in [5.41, 5.74) is 1.10. The summed E-state index contributed by atoms with van der Waals surface area (Å²) in [7, 11) is -4.68. The number of ketones is 1. The molecule has 4 aliphatic carbocycles. The minimum absolute atomic E-state index is 0.0511. The van der Waals surface area contributed by atoms with Crippen LogP contribution >= 0.6 is 7.60 Å². The highest BCUT2D eigenvalue weighted by Gasteiger charge is 2.62. The molecule has 0 aliphatic heterocycles. The van der Waals surface area contributed by atoms with Crippen LogP contribution in [0.4, 0.5) is 0 Å². The van der Waals surface area contributed by atoms with Crippen molar-refractivity contribution in [3.8, 4) is 0 Å². The molecule has 4 rings (SSSR count). The zero-order chi connectivity index (χ0) is 25.1. The van der Waals surface area contributed by atoms with Crippen molar-refractivity contribution < 1.29 is 28.7 Å². The maximum Gasteiger partial charge on any atom is 0.342 e. The summed E-state index contributed by atoms with van der Waals surface area (Å²) < 4.78 is 18.5. The van der Waals surface area contributed by atoms with Crippen molar-refractivity contribution in [1.82, 2.24) is 0 Å². The van der Waals surface area contributed by atoms with Crippen molar-refractivity contribution in [1.29, 1.82) is 0 Å². The molecule has 192 valence electrons. The van der Waals surface area contributed by atoms with Crippen LogP contribution in [0.2, 0.25) is 0 Å². The lowest BCUT2D eigenvalue weighted by molar-refractivity contribution is -0.169. The first-order chi connectivity index (χ1) is 15.9. The molecule has 4 aliphatic rings. The molecule has 0 aromatic heterocycles. The third-order valence-corrected chi connectivity index (χ3v) is 12.9. The lowest BCUT2D eigenvalue weighted by Crippen LogP contribution is -2.56. The summed E-state index contributed by atoms with van der Waals surface area (Å²) in [6.45, 7) is 9.62. The number of carbonyl (C=O) groups excluding carboxylic acids is 2. The van der Waals surface area contributed by atoms with Gasteiger partial charge in [0.15, 0.2) is 5.16 Å². The van der Waals surface area contributed by atoms with Crippen molar-refractivity contribution in [3.05, 3.63) is 11.6 Å². The molecule has 0 spiro atoms. The molecule has 0 heterocycles. The van der Waals surface area contributed by atoms with Gasteiger partial charge in [-0.25, -0.2) is 0 Å². The van der Waals surface area contributed by atoms with E-state index in [2.05, 4.69) is 19.9 Å². The number of carbonyl (C=O) groups is 2. The van der Waals surface area contributed by atoms with Crippen LogP contribution in [0.1, 0.15) is 98.8 Å². The van der Waals surface area contributed by atoms with Crippen LogP contribution in [0.5, 0.6) is 0 Å². The van der Waals surface area contributed by atoms with Gasteiger partial charge in [0.05, 0.1) is 0 Å². The van der Waals surface area contributed by atoms with Gasteiger partial charge in [-0.05, 0) is 94.3 Å². The number of hydrogen-bond acceptors (Lipinski definition) is 4. The molecule has 0 aromatic carbocycles. The average molecular weight is 495 g/mol. The third-order valence-electron chi connectivity index (χ3n) is 11.0. The van der Waals surface area contributed by atoms with Crippen LogP contribution in [0.25, 0.3) is 0 Å². The number of fused-ring (bicyclic) bond motifs is 5. The Morgan fingerprint density at radius 2 is 1.79 bits per heavy atom. The molecule has 3 fully saturated rings. The molecule has 0 aromatic rings. The number of rotatable bonds is 6. The Bertz CT molecular complexity index is 916. The summed E-state index contributed by atoms with van der Waals surface area (Å²) in [5.74, 6) is 1.04. The lowest BCUT2D eigenvalue weighted by Gasteiger charge is -2.59. The summed E-state index contributed by atoms with van der Waals surface area (Å²) in [6, 6.07) is 0. The van der Waals surface area contributed by atoms with E-state index in [0.717, 1.165) is 51.4 Å². The van der Waals surface area contributed by atoms with Crippen molar-refractivity contribution in [2.45, 2.75) is 110 Å². The zero-order valence-corrected chi connectivity index (χ0v) is 22.4. The molecule has 7 atom stereocenters. The van der Waals surface area contributed by atoms with Crippen molar-refractivity contribution in [2.75, 3.05) is 0 Å². The minimum Gasteiger partial charge on any atom is -0.461 e. The normalized spacial score (nSPS) is 40.0. The first-order valence-electron chi connectivity index (χ1n) is 13.3. The van der Waals surface area contributed by atoms with E-state index in [0.29, 0.717) is 23.5 Å².